The number of carbonyl (C=O) groups excluding carboxylic acids is 1. The normalized spacial score (nSPS) is 7.56. The van der Waals surface area contributed by atoms with Crippen molar-refractivity contribution in [1.29, 1.82) is 0 Å². The molecule has 0 radical (unpaired) electrons. The van der Waals surface area contributed by atoms with Crippen molar-refractivity contribution in [2.45, 2.75) is 34.2 Å². The van der Waals surface area contributed by atoms with Gasteiger partial charge in [0, 0.05) is 13.6 Å². The van der Waals surface area contributed by atoms with Crippen molar-refractivity contribution in [3.05, 3.63) is 17.5 Å². The lowest BCUT2D eigenvalue weighted by Gasteiger charge is -1.94. The van der Waals surface area contributed by atoms with Crippen LogP contribution in [0.1, 0.15) is 37.0 Å². The third kappa shape index (κ3) is 7.04. The Morgan fingerprint density at radius 3 is 2.38 bits per heavy atom. The summed E-state index contributed by atoms with van der Waals surface area (Å²) >= 11 is 4.14. The quantitative estimate of drug-likeness (QED) is 0.454. The molecule has 0 N–H and O–H groups in total. The highest BCUT2D eigenvalue weighted by molar-refractivity contribution is 7.78. The fourth-order valence-corrected chi connectivity index (χ4v) is 0.914. The maximum absolute atomic E-state index is 10.3. The zero-order valence-corrected chi connectivity index (χ0v) is 11.3. The van der Waals surface area contributed by atoms with Gasteiger partial charge in [0.2, 0.25) is 0 Å². The topological polar surface area (TPSA) is 47.2 Å². The lowest BCUT2D eigenvalue weighted by Crippen LogP contribution is -2.00. The molecule has 0 bridgehead atoms. The second kappa shape index (κ2) is 11.8. The minimum atomic E-state index is 0.653. The Kier molecular flexibility index (Phi) is 12.6. The summed E-state index contributed by atoms with van der Waals surface area (Å²) in [5.74, 6) is 0. The van der Waals surface area contributed by atoms with Crippen molar-refractivity contribution >= 4 is 23.7 Å². The van der Waals surface area contributed by atoms with E-state index >= 15 is 0 Å². The first kappa shape index (κ1) is 17.1. The Morgan fingerprint density at radius 2 is 2.12 bits per heavy atom. The van der Waals surface area contributed by atoms with Gasteiger partial charge in [-0.05, 0) is 32.1 Å². The molecule has 4 nitrogen and oxygen atoms in total. The first-order chi connectivity index (χ1) is 7.69. The van der Waals surface area contributed by atoms with Gasteiger partial charge in [0.1, 0.15) is 5.69 Å². The Morgan fingerprint density at radius 1 is 1.62 bits per heavy atom. The van der Waals surface area contributed by atoms with Crippen LogP contribution in [0.3, 0.4) is 0 Å². The maximum atomic E-state index is 10.3. The van der Waals surface area contributed by atoms with E-state index in [-0.39, 0.29) is 0 Å². The zero-order chi connectivity index (χ0) is 13.0. The van der Waals surface area contributed by atoms with Crippen LogP contribution in [-0.2, 0) is 6.54 Å². The lowest BCUT2D eigenvalue weighted by molar-refractivity contribution is 0.111. The number of aldehydes is 1. The third-order valence-corrected chi connectivity index (χ3v) is 1.63. The predicted octanol–water partition coefficient (Wildman–Crippen LogP) is 2.77. The summed E-state index contributed by atoms with van der Waals surface area (Å²) in [6.45, 7) is 8.58. The van der Waals surface area contributed by atoms with Gasteiger partial charge in [-0.3, -0.25) is 9.48 Å². The molecule has 0 amide bonds. The van der Waals surface area contributed by atoms with Gasteiger partial charge in [-0.15, -0.1) is 0 Å². The molecule has 1 rings (SSSR count). The van der Waals surface area contributed by atoms with Gasteiger partial charge in [-0.25, -0.2) is 4.99 Å². The molecular formula is C11H19N3OS. The van der Waals surface area contributed by atoms with E-state index in [1.54, 1.807) is 17.8 Å². The molecule has 5 heteroatoms. The second-order valence-electron chi connectivity index (χ2n) is 2.46. The van der Waals surface area contributed by atoms with E-state index in [1.807, 2.05) is 27.7 Å². The minimum Gasteiger partial charge on any atom is -0.296 e. The van der Waals surface area contributed by atoms with E-state index in [4.69, 9.17) is 0 Å². The van der Waals surface area contributed by atoms with Crippen molar-refractivity contribution < 1.29 is 4.79 Å². The molecule has 90 valence electrons. The molecule has 0 unspecified atom stereocenters. The smallest absolute Gasteiger partial charge is 0.168 e. The highest BCUT2D eigenvalue weighted by Crippen LogP contribution is 1.99. The molecule has 16 heavy (non-hydrogen) atoms. The molecule has 0 saturated carbocycles. The van der Waals surface area contributed by atoms with Gasteiger partial charge in [0.05, 0.1) is 10.9 Å². The Bertz CT molecular complexity index is 341. The Labute approximate surface area is 102 Å². The molecule has 0 atom stereocenters. The van der Waals surface area contributed by atoms with Crippen LogP contribution >= 0.6 is 12.2 Å². The van der Waals surface area contributed by atoms with Crippen molar-refractivity contribution in [1.82, 2.24) is 9.78 Å². The van der Waals surface area contributed by atoms with Crippen molar-refractivity contribution in [2.75, 3.05) is 7.05 Å². The summed E-state index contributed by atoms with van der Waals surface area (Å²) in [4.78, 5) is 13.6. The second-order valence-corrected chi connectivity index (χ2v) is 2.64. The summed E-state index contributed by atoms with van der Waals surface area (Å²) in [5, 5.41) is 6.22. The number of hydrogen-bond donors (Lipinski definition) is 0. The predicted molar refractivity (Wildman–Crippen MR) is 70.3 cm³/mol. The molecule has 0 aliphatic carbocycles. The largest absolute Gasteiger partial charge is 0.296 e. The number of aromatic nitrogens is 2. The number of aliphatic imine (C=N–C) groups is 1. The summed E-state index contributed by atoms with van der Waals surface area (Å²) in [7, 11) is 1.59. The minimum absolute atomic E-state index is 0.653. The molecular weight excluding hydrogens is 222 g/mol. The van der Waals surface area contributed by atoms with Crippen molar-refractivity contribution in [2.24, 2.45) is 4.99 Å². The van der Waals surface area contributed by atoms with Gasteiger partial charge in [0.15, 0.2) is 6.29 Å². The van der Waals surface area contributed by atoms with Gasteiger partial charge in [-0.1, -0.05) is 13.8 Å². The Hall–Kier alpha value is -1.32. The number of hydrogen-bond acceptors (Lipinski definition) is 4. The number of isothiocyanates is 1. The van der Waals surface area contributed by atoms with Crippen LogP contribution in [0.5, 0.6) is 0 Å². The monoisotopic (exact) mass is 241 g/mol. The van der Waals surface area contributed by atoms with Gasteiger partial charge in [-0.2, -0.15) is 5.10 Å². The zero-order valence-electron chi connectivity index (χ0n) is 10.5. The summed E-state index contributed by atoms with van der Waals surface area (Å²) in [5.41, 5.74) is 1.55. The van der Waals surface area contributed by atoms with Crippen LogP contribution in [0.25, 0.3) is 0 Å². The van der Waals surface area contributed by atoms with Gasteiger partial charge >= 0.3 is 0 Å². The van der Waals surface area contributed by atoms with E-state index in [0.29, 0.717) is 5.69 Å². The molecule has 0 aliphatic rings. The highest BCUT2D eigenvalue weighted by Gasteiger charge is 1.99. The summed E-state index contributed by atoms with van der Waals surface area (Å²) in [6, 6.07) is 1.77. The molecule has 1 heterocycles. The van der Waals surface area contributed by atoms with Crippen LogP contribution in [0.2, 0.25) is 0 Å². The standard InChI is InChI=1S/C7H10N2O.C2H3NS.C2H6/c1-3-9-7(5-10)4-6(2)8-9;1-3-2-4;1-2/h4-5H,3H2,1-2H3;1H3;1-2H3. The van der Waals surface area contributed by atoms with Crippen molar-refractivity contribution in [3.8, 4) is 0 Å². The van der Waals surface area contributed by atoms with Crippen LogP contribution in [0, 0.1) is 6.92 Å². The average molecular weight is 241 g/mol. The van der Waals surface area contributed by atoms with Gasteiger partial charge in [0.25, 0.3) is 0 Å². The van der Waals surface area contributed by atoms with Crippen LogP contribution in [0.15, 0.2) is 11.1 Å². The first-order valence-corrected chi connectivity index (χ1v) is 5.56. The third-order valence-electron chi connectivity index (χ3n) is 1.44. The van der Waals surface area contributed by atoms with Crippen LogP contribution in [-0.4, -0.2) is 28.3 Å². The van der Waals surface area contributed by atoms with Gasteiger partial charge < -0.3 is 0 Å². The van der Waals surface area contributed by atoms with E-state index < -0.39 is 0 Å². The van der Waals surface area contributed by atoms with Crippen molar-refractivity contribution in [3.63, 3.8) is 0 Å². The molecule has 0 spiro atoms. The van der Waals surface area contributed by atoms with Crippen LogP contribution < -0.4 is 0 Å². The SMILES string of the molecule is CC.CCn1nc(C)cc1C=O.CN=C=S. The first-order valence-electron chi connectivity index (χ1n) is 5.15. The van der Waals surface area contributed by atoms with E-state index in [9.17, 15) is 4.79 Å². The number of carbonyl (C=O) groups is 1. The highest BCUT2D eigenvalue weighted by atomic mass is 32.1. The number of nitrogens with zero attached hydrogens (tertiary/aromatic N) is 3. The fourth-order valence-electron chi connectivity index (χ4n) is 0.914. The molecule has 0 saturated heterocycles. The molecule has 1 aromatic heterocycles. The molecule has 0 aliphatic heterocycles. The van der Waals surface area contributed by atoms with E-state index in [1.165, 1.54) is 0 Å². The average Bonchev–Trinajstić information content (AvgIpc) is 2.72. The van der Waals surface area contributed by atoms with Crippen LogP contribution in [0.4, 0.5) is 0 Å². The fraction of sp³-hybridized carbons (Fsp3) is 0.545. The number of rotatable bonds is 2. The van der Waals surface area contributed by atoms with E-state index in [2.05, 4.69) is 27.5 Å². The maximum Gasteiger partial charge on any atom is 0.168 e. The van der Waals surface area contributed by atoms with E-state index in [0.717, 1.165) is 18.5 Å². The Balaban J connectivity index is 0. The lowest BCUT2D eigenvalue weighted by atomic mass is 10.4. The molecule has 1 aromatic rings. The molecule has 0 aromatic carbocycles. The summed E-state index contributed by atoms with van der Waals surface area (Å²) < 4.78 is 1.68. The number of aryl methyl sites for hydroxylation is 2. The number of thiocarbonyl (C=S) groups is 1. The molecule has 0 fully saturated rings. The summed E-state index contributed by atoms with van der Waals surface area (Å²) in [6.07, 6.45) is 0.823.